The molecule has 0 amide bonds. The zero-order valence-electron chi connectivity index (χ0n) is 14.7. The summed E-state index contributed by atoms with van der Waals surface area (Å²) in [5, 5.41) is 4.35. The van der Waals surface area contributed by atoms with Crippen LogP contribution in [0.1, 0.15) is 11.3 Å². The molecular weight excluding hydrogens is 318 g/mol. The van der Waals surface area contributed by atoms with Gasteiger partial charge in [-0.15, -0.1) is 0 Å². The molecule has 1 aliphatic heterocycles. The third-order valence-electron chi connectivity index (χ3n) is 4.74. The molecule has 0 unspecified atom stereocenters. The minimum Gasteiger partial charge on any atom is -0.495 e. The first-order valence-corrected chi connectivity index (χ1v) is 8.34. The SMILES string of the molecule is COc1ccc(N2CCN(c3c(C)c(C)nc4ncnn34)CC2)nc1. The first kappa shape index (κ1) is 15.6. The number of piperazine rings is 1. The minimum absolute atomic E-state index is 0.650. The molecule has 4 heterocycles. The molecule has 0 aromatic carbocycles. The number of methoxy groups -OCH3 is 1. The van der Waals surface area contributed by atoms with Crippen molar-refractivity contribution in [1.82, 2.24) is 24.6 Å². The van der Waals surface area contributed by atoms with Gasteiger partial charge in [-0.05, 0) is 26.0 Å². The van der Waals surface area contributed by atoms with Crippen LogP contribution in [0, 0.1) is 13.8 Å². The molecule has 3 aromatic heterocycles. The molecular formula is C17H21N7O. The summed E-state index contributed by atoms with van der Waals surface area (Å²) in [6.45, 7) is 7.70. The molecule has 0 atom stereocenters. The topological polar surface area (TPSA) is 71.7 Å². The van der Waals surface area contributed by atoms with Crippen LogP contribution in [0.15, 0.2) is 24.7 Å². The Labute approximate surface area is 146 Å². The van der Waals surface area contributed by atoms with Gasteiger partial charge in [0.15, 0.2) is 0 Å². The summed E-state index contributed by atoms with van der Waals surface area (Å²) in [7, 11) is 1.65. The van der Waals surface area contributed by atoms with Gasteiger partial charge < -0.3 is 14.5 Å². The zero-order valence-corrected chi connectivity index (χ0v) is 14.7. The molecule has 0 radical (unpaired) electrons. The van der Waals surface area contributed by atoms with E-state index in [-0.39, 0.29) is 0 Å². The summed E-state index contributed by atoms with van der Waals surface area (Å²) < 4.78 is 7.02. The summed E-state index contributed by atoms with van der Waals surface area (Å²) in [6.07, 6.45) is 3.32. The Balaban J connectivity index is 1.56. The number of ether oxygens (including phenoxy) is 1. The maximum Gasteiger partial charge on any atom is 0.254 e. The van der Waals surface area contributed by atoms with Crippen molar-refractivity contribution in [1.29, 1.82) is 0 Å². The molecule has 25 heavy (non-hydrogen) atoms. The fraction of sp³-hybridized carbons (Fsp3) is 0.412. The van der Waals surface area contributed by atoms with Crippen LogP contribution in [-0.4, -0.2) is 57.9 Å². The molecule has 0 bridgehead atoms. The normalized spacial score (nSPS) is 15.0. The number of rotatable bonds is 3. The van der Waals surface area contributed by atoms with Gasteiger partial charge in [0, 0.05) is 37.4 Å². The monoisotopic (exact) mass is 339 g/mol. The summed E-state index contributed by atoms with van der Waals surface area (Å²) >= 11 is 0. The lowest BCUT2D eigenvalue weighted by Gasteiger charge is -2.37. The molecule has 4 rings (SSSR count). The molecule has 8 nitrogen and oxygen atoms in total. The second kappa shape index (κ2) is 6.19. The smallest absolute Gasteiger partial charge is 0.254 e. The Morgan fingerprint density at radius 3 is 2.44 bits per heavy atom. The van der Waals surface area contributed by atoms with E-state index in [0.29, 0.717) is 5.78 Å². The van der Waals surface area contributed by atoms with Crippen LogP contribution in [0.25, 0.3) is 5.78 Å². The highest BCUT2D eigenvalue weighted by atomic mass is 16.5. The van der Waals surface area contributed by atoms with E-state index in [2.05, 4.69) is 36.8 Å². The average molecular weight is 339 g/mol. The number of nitrogens with zero attached hydrogens (tertiary/aromatic N) is 7. The standard InChI is InChI=1S/C17H21N7O/c1-12-13(2)21-17-19-11-20-24(17)16(12)23-8-6-22(7-9-23)15-5-4-14(25-3)10-18-15/h4-5,10-11H,6-9H2,1-3H3. The van der Waals surface area contributed by atoms with Crippen LogP contribution in [-0.2, 0) is 0 Å². The van der Waals surface area contributed by atoms with Gasteiger partial charge in [-0.25, -0.2) is 9.97 Å². The first-order chi connectivity index (χ1) is 12.2. The fourth-order valence-electron chi connectivity index (χ4n) is 3.21. The maximum atomic E-state index is 5.18. The molecule has 3 aromatic rings. The van der Waals surface area contributed by atoms with E-state index in [1.165, 1.54) is 0 Å². The average Bonchev–Trinajstić information content (AvgIpc) is 3.11. The van der Waals surface area contributed by atoms with Crippen molar-refractivity contribution >= 4 is 17.4 Å². The molecule has 0 aliphatic carbocycles. The number of hydrogen-bond acceptors (Lipinski definition) is 7. The summed E-state index contributed by atoms with van der Waals surface area (Å²) in [6, 6.07) is 3.95. The van der Waals surface area contributed by atoms with Crippen molar-refractivity contribution in [2.24, 2.45) is 0 Å². The molecule has 1 aliphatic rings. The van der Waals surface area contributed by atoms with Gasteiger partial charge in [-0.2, -0.15) is 14.6 Å². The van der Waals surface area contributed by atoms with Crippen LogP contribution in [0.4, 0.5) is 11.6 Å². The highest BCUT2D eigenvalue weighted by molar-refractivity contribution is 5.55. The van der Waals surface area contributed by atoms with Crippen LogP contribution in [0.3, 0.4) is 0 Å². The van der Waals surface area contributed by atoms with E-state index in [1.54, 1.807) is 19.6 Å². The van der Waals surface area contributed by atoms with Crippen molar-refractivity contribution in [2.75, 3.05) is 43.1 Å². The van der Waals surface area contributed by atoms with Crippen molar-refractivity contribution in [2.45, 2.75) is 13.8 Å². The van der Waals surface area contributed by atoms with E-state index in [9.17, 15) is 0 Å². The third-order valence-corrected chi connectivity index (χ3v) is 4.74. The van der Waals surface area contributed by atoms with E-state index in [0.717, 1.165) is 54.8 Å². The lowest BCUT2D eigenvalue weighted by atomic mass is 10.2. The van der Waals surface area contributed by atoms with Gasteiger partial charge >= 0.3 is 0 Å². The van der Waals surface area contributed by atoms with E-state index >= 15 is 0 Å². The van der Waals surface area contributed by atoms with Gasteiger partial charge in [0.1, 0.15) is 23.7 Å². The van der Waals surface area contributed by atoms with Crippen LogP contribution in [0.2, 0.25) is 0 Å². The minimum atomic E-state index is 0.650. The molecule has 1 saturated heterocycles. The second-order valence-electron chi connectivity index (χ2n) is 6.15. The zero-order chi connectivity index (χ0) is 17.4. The predicted octanol–water partition coefficient (Wildman–Crippen LogP) is 1.47. The Morgan fingerprint density at radius 2 is 1.76 bits per heavy atom. The number of aryl methyl sites for hydroxylation is 1. The molecule has 0 spiro atoms. The lowest BCUT2D eigenvalue weighted by Crippen LogP contribution is -2.47. The Hall–Kier alpha value is -2.90. The Morgan fingerprint density at radius 1 is 1.00 bits per heavy atom. The molecule has 0 saturated carbocycles. The number of aromatic nitrogens is 5. The Kier molecular flexibility index (Phi) is 3.87. The largest absolute Gasteiger partial charge is 0.495 e. The van der Waals surface area contributed by atoms with Crippen molar-refractivity contribution in [3.05, 3.63) is 35.9 Å². The van der Waals surface area contributed by atoms with Crippen molar-refractivity contribution < 1.29 is 4.74 Å². The van der Waals surface area contributed by atoms with E-state index < -0.39 is 0 Å². The maximum absolute atomic E-state index is 5.18. The molecule has 0 N–H and O–H groups in total. The van der Waals surface area contributed by atoms with Crippen LogP contribution >= 0.6 is 0 Å². The predicted molar refractivity (Wildman–Crippen MR) is 95.5 cm³/mol. The quantitative estimate of drug-likeness (QED) is 0.715. The van der Waals surface area contributed by atoms with Gasteiger partial charge in [0.05, 0.1) is 13.3 Å². The molecule has 1 fully saturated rings. The van der Waals surface area contributed by atoms with Crippen LogP contribution in [0.5, 0.6) is 5.75 Å². The van der Waals surface area contributed by atoms with Crippen LogP contribution < -0.4 is 14.5 Å². The fourth-order valence-corrected chi connectivity index (χ4v) is 3.21. The first-order valence-electron chi connectivity index (χ1n) is 8.34. The second-order valence-corrected chi connectivity index (χ2v) is 6.15. The summed E-state index contributed by atoms with van der Waals surface area (Å²) in [5.74, 6) is 3.49. The number of hydrogen-bond donors (Lipinski definition) is 0. The van der Waals surface area contributed by atoms with Crippen molar-refractivity contribution in [3.63, 3.8) is 0 Å². The third kappa shape index (κ3) is 2.73. The van der Waals surface area contributed by atoms with E-state index in [1.807, 2.05) is 23.6 Å². The number of anilines is 2. The molecule has 8 heteroatoms. The highest BCUT2D eigenvalue weighted by Gasteiger charge is 2.23. The van der Waals surface area contributed by atoms with Gasteiger partial charge in [-0.3, -0.25) is 0 Å². The van der Waals surface area contributed by atoms with E-state index in [4.69, 9.17) is 4.74 Å². The lowest BCUT2D eigenvalue weighted by molar-refractivity contribution is 0.413. The summed E-state index contributed by atoms with van der Waals surface area (Å²) in [5.41, 5.74) is 2.14. The Bertz CT molecular complexity index is 882. The highest BCUT2D eigenvalue weighted by Crippen LogP contribution is 2.25. The number of pyridine rings is 1. The van der Waals surface area contributed by atoms with Gasteiger partial charge in [-0.1, -0.05) is 0 Å². The van der Waals surface area contributed by atoms with Gasteiger partial charge in [0.2, 0.25) is 0 Å². The summed E-state index contributed by atoms with van der Waals surface area (Å²) in [4.78, 5) is 17.9. The number of fused-ring (bicyclic) bond motifs is 1. The van der Waals surface area contributed by atoms with Gasteiger partial charge in [0.25, 0.3) is 5.78 Å². The van der Waals surface area contributed by atoms with Crippen molar-refractivity contribution in [3.8, 4) is 5.75 Å². The molecule has 130 valence electrons.